The molecule has 0 aliphatic carbocycles. The SMILES string of the molecule is CCOC(=O)/C=C/[C@]1(C)OC/C(=C/CO[Si](C)(C)C(C)(C)C)CC[C@H]1O[Si](C)(C)C(C)(C)C. The second kappa shape index (κ2) is 11.3. The number of rotatable bonds is 8. The Morgan fingerprint density at radius 1 is 1.09 bits per heavy atom. The molecule has 7 heteroatoms. The summed E-state index contributed by atoms with van der Waals surface area (Å²) in [6, 6.07) is 0. The van der Waals surface area contributed by atoms with Crippen molar-refractivity contribution in [1.29, 1.82) is 0 Å². The molecule has 5 nitrogen and oxygen atoms in total. The summed E-state index contributed by atoms with van der Waals surface area (Å²) in [6.45, 7) is 27.9. The molecule has 33 heavy (non-hydrogen) atoms. The molecule has 1 saturated heterocycles. The predicted octanol–water partition coefficient (Wildman–Crippen LogP) is 7.01. The molecule has 2 atom stereocenters. The molecule has 0 aromatic rings. The molecule has 1 heterocycles. The fourth-order valence-electron chi connectivity index (χ4n) is 3.05. The molecule has 1 aliphatic heterocycles. The summed E-state index contributed by atoms with van der Waals surface area (Å²) in [6.07, 6.45) is 7.09. The first-order chi connectivity index (χ1) is 14.8. The first-order valence-electron chi connectivity index (χ1n) is 12.3. The quantitative estimate of drug-likeness (QED) is 0.156. The van der Waals surface area contributed by atoms with Gasteiger partial charge in [0.1, 0.15) is 5.60 Å². The maximum absolute atomic E-state index is 12.0. The van der Waals surface area contributed by atoms with Crippen LogP contribution in [0, 0.1) is 0 Å². The van der Waals surface area contributed by atoms with Gasteiger partial charge in [-0.1, -0.05) is 47.6 Å². The van der Waals surface area contributed by atoms with Crippen molar-refractivity contribution in [2.24, 2.45) is 0 Å². The molecule has 0 aromatic heterocycles. The summed E-state index contributed by atoms with van der Waals surface area (Å²) in [4.78, 5) is 12.0. The Balaban J connectivity index is 3.10. The largest absolute Gasteiger partial charge is 0.463 e. The number of hydrogen-bond acceptors (Lipinski definition) is 5. The van der Waals surface area contributed by atoms with Crippen LogP contribution in [0.5, 0.6) is 0 Å². The van der Waals surface area contributed by atoms with Gasteiger partial charge in [0.05, 0.1) is 25.9 Å². The van der Waals surface area contributed by atoms with Crippen LogP contribution in [-0.4, -0.2) is 54.1 Å². The van der Waals surface area contributed by atoms with Crippen LogP contribution in [0.3, 0.4) is 0 Å². The van der Waals surface area contributed by atoms with Crippen molar-refractivity contribution >= 4 is 22.6 Å². The maximum Gasteiger partial charge on any atom is 0.330 e. The molecule has 0 N–H and O–H groups in total. The van der Waals surface area contributed by atoms with E-state index in [0.717, 1.165) is 12.8 Å². The average molecular weight is 499 g/mol. The highest BCUT2D eigenvalue weighted by Crippen LogP contribution is 2.41. The van der Waals surface area contributed by atoms with Crippen LogP contribution in [0.4, 0.5) is 0 Å². The van der Waals surface area contributed by atoms with Gasteiger partial charge < -0.3 is 18.3 Å². The van der Waals surface area contributed by atoms with Gasteiger partial charge >= 0.3 is 5.97 Å². The van der Waals surface area contributed by atoms with Crippen molar-refractivity contribution in [3.8, 4) is 0 Å². The van der Waals surface area contributed by atoms with Crippen molar-refractivity contribution in [3.63, 3.8) is 0 Å². The van der Waals surface area contributed by atoms with E-state index < -0.39 is 22.2 Å². The van der Waals surface area contributed by atoms with Crippen LogP contribution in [0.15, 0.2) is 23.8 Å². The van der Waals surface area contributed by atoms with Gasteiger partial charge in [0.25, 0.3) is 0 Å². The minimum Gasteiger partial charge on any atom is -0.463 e. The van der Waals surface area contributed by atoms with Gasteiger partial charge in [-0.2, -0.15) is 0 Å². The van der Waals surface area contributed by atoms with E-state index in [2.05, 4.69) is 73.8 Å². The Kier molecular flexibility index (Phi) is 10.4. The van der Waals surface area contributed by atoms with Crippen LogP contribution < -0.4 is 0 Å². The Bertz CT molecular complexity index is 713. The van der Waals surface area contributed by atoms with Crippen LogP contribution >= 0.6 is 0 Å². The lowest BCUT2D eigenvalue weighted by Gasteiger charge is -2.43. The molecule has 0 saturated carbocycles. The van der Waals surface area contributed by atoms with Crippen molar-refractivity contribution in [3.05, 3.63) is 23.8 Å². The second-order valence-corrected chi connectivity index (χ2v) is 22.0. The topological polar surface area (TPSA) is 54.0 Å². The third-order valence-corrected chi connectivity index (χ3v) is 16.6. The fraction of sp³-hybridized carbons (Fsp3) is 0.808. The molecule has 0 bridgehead atoms. The van der Waals surface area contributed by atoms with Crippen LogP contribution in [0.1, 0.15) is 68.2 Å². The first kappa shape index (κ1) is 30.3. The third-order valence-electron chi connectivity index (χ3n) is 7.64. The van der Waals surface area contributed by atoms with E-state index in [-0.39, 0.29) is 22.1 Å². The van der Waals surface area contributed by atoms with Gasteiger partial charge in [0, 0.05) is 6.08 Å². The fourth-order valence-corrected chi connectivity index (χ4v) is 5.40. The summed E-state index contributed by atoms with van der Waals surface area (Å²) in [5.74, 6) is -0.351. The zero-order valence-corrected chi connectivity index (χ0v) is 25.4. The lowest BCUT2D eigenvalue weighted by Crippen LogP contribution is -2.51. The molecular formula is C26H50O5Si2. The van der Waals surface area contributed by atoms with E-state index in [9.17, 15) is 4.79 Å². The molecule has 0 aromatic carbocycles. The van der Waals surface area contributed by atoms with Gasteiger partial charge in [-0.05, 0) is 74.6 Å². The Morgan fingerprint density at radius 2 is 1.67 bits per heavy atom. The van der Waals surface area contributed by atoms with Crippen molar-refractivity contribution in [2.45, 2.75) is 116 Å². The first-order valence-corrected chi connectivity index (χ1v) is 18.2. The number of esters is 1. The third kappa shape index (κ3) is 8.77. The van der Waals surface area contributed by atoms with Gasteiger partial charge in [-0.3, -0.25) is 0 Å². The van der Waals surface area contributed by atoms with Gasteiger partial charge in [-0.25, -0.2) is 4.79 Å². The smallest absolute Gasteiger partial charge is 0.330 e. The molecule has 0 amide bonds. The molecule has 0 spiro atoms. The van der Waals surface area contributed by atoms with Gasteiger partial charge in [0.2, 0.25) is 0 Å². The predicted molar refractivity (Wildman–Crippen MR) is 143 cm³/mol. The van der Waals surface area contributed by atoms with E-state index in [1.165, 1.54) is 11.6 Å². The van der Waals surface area contributed by atoms with Crippen LogP contribution in [0.25, 0.3) is 0 Å². The zero-order chi connectivity index (χ0) is 25.7. The Hall–Kier alpha value is -0.736. The van der Waals surface area contributed by atoms with Gasteiger partial charge in [0.15, 0.2) is 16.6 Å². The van der Waals surface area contributed by atoms with E-state index in [0.29, 0.717) is 19.8 Å². The number of ether oxygens (including phenoxy) is 2. The minimum atomic E-state index is -2.04. The summed E-state index contributed by atoms with van der Waals surface area (Å²) < 4.78 is 24.7. The summed E-state index contributed by atoms with van der Waals surface area (Å²) >= 11 is 0. The molecule has 192 valence electrons. The molecule has 0 radical (unpaired) electrons. The van der Waals surface area contributed by atoms with Crippen molar-refractivity contribution in [1.82, 2.24) is 0 Å². The molecular weight excluding hydrogens is 448 g/mol. The Morgan fingerprint density at radius 3 is 2.18 bits per heavy atom. The van der Waals surface area contributed by atoms with E-state index in [4.69, 9.17) is 18.3 Å². The second-order valence-electron chi connectivity index (χ2n) is 12.4. The highest BCUT2D eigenvalue weighted by Gasteiger charge is 2.45. The van der Waals surface area contributed by atoms with Crippen molar-refractivity contribution in [2.75, 3.05) is 19.8 Å². The molecule has 0 unspecified atom stereocenters. The normalized spacial score (nSPS) is 24.8. The number of carbonyl (C=O) groups is 1. The highest BCUT2D eigenvalue weighted by molar-refractivity contribution is 6.74. The lowest BCUT2D eigenvalue weighted by atomic mass is 9.94. The summed E-state index contributed by atoms with van der Waals surface area (Å²) in [7, 11) is -3.83. The van der Waals surface area contributed by atoms with E-state index >= 15 is 0 Å². The number of hydrogen-bond donors (Lipinski definition) is 0. The standard InChI is InChI=1S/C26H50O5Si2/c1-13-28-23(27)16-18-26(8)22(31-33(11,12)25(5,6)7)15-14-21(20-29-26)17-19-30-32(9,10)24(2,3)4/h16-18,22H,13-15,19-20H2,1-12H3/b18-16+,21-17+/t22-,26+/m1/s1. The monoisotopic (exact) mass is 498 g/mol. The molecule has 1 rings (SSSR count). The zero-order valence-electron chi connectivity index (χ0n) is 23.4. The highest BCUT2D eigenvalue weighted by atomic mass is 28.4. The number of carbonyl (C=O) groups excluding carboxylic acids is 1. The summed E-state index contributed by atoms with van der Waals surface area (Å²) in [5.41, 5.74) is 0.517. The summed E-state index contributed by atoms with van der Waals surface area (Å²) in [5, 5.41) is 0.269. The maximum atomic E-state index is 12.0. The Labute approximate surface area is 205 Å². The minimum absolute atomic E-state index is 0.0841. The van der Waals surface area contributed by atoms with Gasteiger partial charge in [-0.15, -0.1) is 0 Å². The van der Waals surface area contributed by atoms with Crippen molar-refractivity contribution < 1.29 is 23.1 Å². The molecule has 1 fully saturated rings. The van der Waals surface area contributed by atoms with E-state index in [1.807, 2.05) is 19.9 Å². The average Bonchev–Trinajstić information content (AvgIpc) is 2.79. The van der Waals surface area contributed by atoms with E-state index in [1.54, 1.807) is 0 Å². The molecule has 1 aliphatic rings. The lowest BCUT2D eigenvalue weighted by molar-refractivity contribution is -0.137. The van der Waals surface area contributed by atoms with Crippen LogP contribution in [-0.2, 0) is 23.1 Å². The van der Waals surface area contributed by atoms with Crippen LogP contribution in [0.2, 0.25) is 36.3 Å².